The maximum Gasteiger partial charge on any atom is 0.234 e. The first kappa shape index (κ1) is 14.8. The molecule has 110 valence electrons. The Morgan fingerprint density at radius 2 is 2.26 bits per heavy atom. The Balaban J connectivity index is 1.69. The molecule has 2 N–H and O–H groups in total. The number of hydrogen-bond donors (Lipinski definition) is 2. The van der Waals surface area contributed by atoms with Crippen molar-refractivity contribution in [2.45, 2.75) is 38.2 Å². The fourth-order valence-electron chi connectivity index (χ4n) is 3.07. The second kappa shape index (κ2) is 6.68. The second-order valence-electron chi connectivity index (χ2n) is 6.09. The molecule has 19 heavy (non-hydrogen) atoms. The summed E-state index contributed by atoms with van der Waals surface area (Å²) in [6, 6.07) is 0. The molecule has 0 spiro atoms. The number of rotatable bonds is 6. The van der Waals surface area contributed by atoms with E-state index in [-0.39, 0.29) is 17.4 Å². The molecule has 0 unspecified atom stereocenters. The van der Waals surface area contributed by atoms with E-state index < -0.39 is 0 Å². The molecule has 1 aliphatic carbocycles. The molecule has 2 aliphatic rings. The predicted molar refractivity (Wildman–Crippen MR) is 72.9 cm³/mol. The fourth-order valence-corrected chi connectivity index (χ4v) is 3.07. The van der Waals surface area contributed by atoms with E-state index in [4.69, 9.17) is 4.74 Å². The lowest BCUT2D eigenvalue weighted by molar-refractivity contribution is -0.124. The van der Waals surface area contributed by atoms with Crippen molar-refractivity contribution in [3.05, 3.63) is 0 Å². The number of β-amino-alcohol motifs (C(OH)–C–C–N with tert-alkyl or cyclic N) is 1. The summed E-state index contributed by atoms with van der Waals surface area (Å²) in [7, 11) is 1.72. The molecule has 5 heteroatoms. The lowest BCUT2D eigenvalue weighted by Crippen LogP contribution is -2.49. The van der Waals surface area contributed by atoms with Crippen molar-refractivity contribution in [2.24, 2.45) is 5.41 Å². The van der Waals surface area contributed by atoms with Gasteiger partial charge in [-0.05, 0) is 32.2 Å². The van der Waals surface area contributed by atoms with Crippen LogP contribution in [0.3, 0.4) is 0 Å². The zero-order chi connectivity index (χ0) is 13.7. The first-order valence-corrected chi connectivity index (χ1v) is 7.30. The minimum Gasteiger partial charge on any atom is -0.392 e. The molecule has 1 atom stereocenters. The number of carbonyl (C=O) groups excluding carboxylic acids is 1. The van der Waals surface area contributed by atoms with Gasteiger partial charge in [0.05, 0.1) is 19.3 Å². The number of aliphatic hydroxyl groups excluding tert-OH is 1. The zero-order valence-electron chi connectivity index (χ0n) is 11.9. The van der Waals surface area contributed by atoms with Crippen LogP contribution in [0.25, 0.3) is 0 Å². The van der Waals surface area contributed by atoms with Gasteiger partial charge in [0.2, 0.25) is 5.91 Å². The van der Waals surface area contributed by atoms with E-state index in [0.717, 1.165) is 45.4 Å². The van der Waals surface area contributed by atoms with Gasteiger partial charge in [-0.3, -0.25) is 9.69 Å². The molecule has 2 rings (SSSR count). The van der Waals surface area contributed by atoms with E-state index in [2.05, 4.69) is 5.32 Å². The second-order valence-corrected chi connectivity index (χ2v) is 6.09. The number of methoxy groups -OCH3 is 1. The first-order chi connectivity index (χ1) is 9.13. The van der Waals surface area contributed by atoms with Crippen LogP contribution in [-0.2, 0) is 9.53 Å². The van der Waals surface area contributed by atoms with Gasteiger partial charge in [0, 0.05) is 25.6 Å². The minimum absolute atomic E-state index is 0.0662. The van der Waals surface area contributed by atoms with Gasteiger partial charge in [-0.25, -0.2) is 0 Å². The van der Waals surface area contributed by atoms with Crippen molar-refractivity contribution in [1.82, 2.24) is 10.2 Å². The van der Waals surface area contributed by atoms with E-state index in [0.29, 0.717) is 13.1 Å². The van der Waals surface area contributed by atoms with Crippen molar-refractivity contribution in [1.29, 1.82) is 0 Å². The molecule has 1 saturated carbocycles. The van der Waals surface area contributed by atoms with Crippen molar-refractivity contribution in [3.8, 4) is 0 Å². The number of nitrogens with one attached hydrogen (secondary N) is 1. The Kier molecular flexibility index (Phi) is 5.19. The quantitative estimate of drug-likeness (QED) is 0.732. The number of amides is 1. The number of nitrogens with zero attached hydrogens (tertiary/aromatic N) is 1. The highest BCUT2D eigenvalue weighted by molar-refractivity contribution is 5.78. The average molecular weight is 270 g/mol. The van der Waals surface area contributed by atoms with Gasteiger partial charge in [0.1, 0.15) is 0 Å². The van der Waals surface area contributed by atoms with Crippen LogP contribution >= 0.6 is 0 Å². The lowest BCUT2D eigenvalue weighted by Gasteiger charge is -2.41. The number of carbonyl (C=O) groups is 1. The fraction of sp³-hybridized carbons (Fsp3) is 0.929. The number of hydrogen-bond acceptors (Lipinski definition) is 4. The molecule has 5 nitrogen and oxygen atoms in total. The SMILES string of the molecule is COCC1(CNC(=O)CN2CCC[C@@H](O)C2)CCC1. The van der Waals surface area contributed by atoms with Crippen LogP contribution in [-0.4, -0.2) is 61.9 Å². The summed E-state index contributed by atoms with van der Waals surface area (Å²) in [5.74, 6) is 0.0662. The highest BCUT2D eigenvalue weighted by atomic mass is 16.5. The smallest absolute Gasteiger partial charge is 0.234 e. The van der Waals surface area contributed by atoms with Crippen molar-refractivity contribution in [3.63, 3.8) is 0 Å². The molecular formula is C14H26N2O3. The standard InChI is InChI=1S/C14H26N2O3/c1-19-11-14(5-3-6-14)10-15-13(18)9-16-7-2-4-12(17)8-16/h12,17H,2-11H2,1H3,(H,15,18)/t12-/m1/s1. The van der Waals surface area contributed by atoms with Crippen LogP contribution in [0.5, 0.6) is 0 Å². The topological polar surface area (TPSA) is 61.8 Å². The molecule has 0 aromatic rings. The van der Waals surface area contributed by atoms with Crippen LogP contribution in [0.15, 0.2) is 0 Å². The van der Waals surface area contributed by atoms with Crippen LogP contribution in [0.1, 0.15) is 32.1 Å². The summed E-state index contributed by atoms with van der Waals surface area (Å²) in [6.07, 6.45) is 5.08. The van der Waals surface area contributed by atoms with Gasteiger partial charge in [-0.2, -0.15) is 0 Å². The molecule has 0 aromatic heterocycles. The summed E-state index contributed by atoms with van der Waals surface area (Å²) in [5, 5.41) is 12.6. The Morgan fingerprint density at radius 3 is 2.84 bits per heavy atom. The van der Waals surface area contributed by atoms with Gasteiger partial charge in [0.15, 0.2) is 0 Å². The first-order valence-electron chi connectivity index (χ1n) is 7.30. The maximum absolute atomic E-state index is 11.9. The Labute approximate surface area is 115 Å². The van der Waals surface area contributed by atoms with E-state index in [1.165, 1.54) is 6.42 Å². The van der Waals surface area contributed by atoms with Gasteiger partial charge < -0.3 is 15.2 Å². The minimum atomic E-state index is -0.270. The molecule has 0 aromatic carbocycles. The van der Waals surface area contributed by atoms with E-state index in [1.807, 2.05) is 4.90 Å². The van der Waals surface area contributed by atoms with Gasteiger partial charge in [0.25, 0.3) is 0 Å². The molecule has 0 radical (unpaired) electrons. The molecule has 1 aliphatic heterocycles. The summed E-state index contributed by atoms with van der Waals surface area (Å²) < 4.78 is 5.25. The van der Waals surface area contributed by atoms with Gasteiger partial charge in [-0.15, -0.1) is 0 Å². The molecule has 1 saturated heterocycles. The molecular weight excluding hydrogens is 244 g/mol. The normalized spacial score (nSPS) is 26.7. The third kappa shape index (κ3) is 4.16. The molecule has 1 heterocycles. The highest BCUT2D eigenvalue weighted by Gasteiger charge is 2.37. The molecule has 0 bridgehead atoms. The van der Waals surface area contributed by atoms with Crippen LogP contribution in [0, 0.1) is 5.41 Å². The Bertz CT molecular complexity index is 305. The number of ether oxygens (including phenoxy) is 1. The summed E-state index contributed by atoms with van der Waals surface area (Å²) in [4.78, 5) is 14.0. The van der Waals surface area contributed by atoms with Gasteiger partial charge in [-0.1, -0.05) is 6.42 Å². The third-order valence-electron chi connectivity index (χ3n) is 4.37. The largest absolute Gasteiger partial charge is 0.392 e. The Hall–Kier alpha value is -0.650. The van der Waals surface area contributed by atoms with E-state index in [9.17, 15) is 9.90 Å². The number of aliphatic hydroxyl groups is 1. The van der Waals surface area contributed by atoms with Crippen molar-refractivity contribution < 1.29 is 14.6 Å². The predicted octanol–water partition coefficient (Wildman–Crippen LogP) is 0.376. The number of likely N-dealkylation sites (tertiary alicyclic amines) is 1. The molecule has 2 fully saturated rings. The number of piperidine rings is 1. The highest BCUT2D eigenvalue weighted by Crippen LogP contribution is 2.40. The average Bonchev–Trinajstić information content (AvgIpc) is 2.32. The summed E-state index contributed by atoms with van der Waals surface area (Å²) in [6.45, 7) is 3.39. The van der Waals surface area contributed by atoms with Crippen molar-refractivity contribution >= 4 is 5.91 Å². The maximum atomic E-state index is 11.9. The third-order valence-corrected chi connectivity index (χ3v) is 4.37. The summed E-state index contributed by atoms with van der Waals surface area (Å²) in [5.41, 5.74) is 0.172. The van der Waals surface area contributed by atoms with Crippen LogP contribution in [0.4, 0.5) is 0 Å². The van der Waals surface area contributed by atoms with Crippen molar-refractivity contribution in [2.75, 3.05) is 39.9 Å². The summed E-state index contributed by atoms with van der Waals surface area (Å²) >= 11 is 0. The monoisotopic (exact) mass is 270 g/mol. The molecule has 1 amide bonds. The van der Waals surface area contributed by atoms with Crippen LogP contribution < -0.4 is 5.32 Å². The Morgan fingerprint density at radius 1 is 1.47 bits per heavy atom. The van der Waals surface area contributed by atoms with Gasteiger partial charge >= 0.3 is 0 Å². The zero-order valence-corrected chi connectivity index (χ0v) is 11.9. The van der Waals surface area contributed by atoms with Crippen LogP contribution in [0.2, 0.25) is 0 Å². The van der Waals surface area contributed by atoms with E-state index in [1.54, 1.807) is 7.11 Å². The lowest BCUT2D eigenvalue weighted by atomic mass is 9.69. The van der Waals surface area contributed by atoms with E-state index >= 15 is 0 Å².